The smallest absolute Gasteiger partial charge is 0.300 e. The number of hydrogen-bond acceptors (Lipinski definition) is 4. The van der Waals surface area contributed by atoms with Crippen LogP contribution in [0.15, 0.2) is 15.8 Å². The van der Waals surface area contributed by atoms with Crippen LogP contribution in [0.25, 0.3) is 0 Å². The summed E-state index contributed by atoms with van der Waals surface area (Å²) in [5.74, 6) is 0.0847. The summed E-state index contributed by atoms with van der Waals surface area (Å²) in [5.41, 5.74) is -0.356. The SMILES string of the molecule is Cc1cn(CC2CCCN(S(C)(=O)=O)C2)c(=O)[nH]c1=O. The fraction of sp³-hybridized carbons (Fsp3) is 0.667. The van der Waals surface area contributed by atoms with E-state index in [1.165, 1.54) is 21.3 Å². The minimum atomic E-state index is -3.19. The Morgan fingerprint density at radius 1 is 1.40 bits per heavy atom. The summed E-state index contributed by atoms with van der Waals surface area (Å²) in [4.78, 5) is 25.3. The van der Waals surface area contributed by atoms with Crippen molar-refractivity contribution in [1.29, 1.82) is 0 Å². The zero-order chi connectivity index (χ0) is 14.9. The van der Waals surface area contributed by atoms with E-state index >= 15 is 0 Å². The molecule has 0 amide bonds. The van der Waals surface area contributed by atoms with Gasteiger partial charge in [0.15, 0.2) is 0 Å². The Kier molecular flexibility index (Phi) is 4.14. The molecule has 0 aromatic carbocycles. The molecule has 1 aromatic heterocycles. The van der Waals surface area contributed by atoms with Crippen molar-refractivity contribution in [3.05, 3.63) is 32.6 Å². The van der Waals surface area contributed by atoms with Crippen LogP contribution in [0, 0.1) is 12.8 Å². The molecule has 1 saturated heterocycles. The Balaban J connectivity index is 2.16. The summed E-state index contributed by atoms with van der Waals surface area (Å²) < 4.78 is 26.0. The molecule has 20 heavy (non-hydrogen) atoms. The molecule has 1 N–H and O–H groups in total. The first-order valence-corrected chi connectivity index (χ1v) is 8.37. The van der Waals surface area contributed by atoms with E-state index in [0.29, 0.717) is 25.2 Å². The maximum Gasteiger partial charge on any atom is 0.328 e. The first kappa shape index (κ1) is 15.0. The number of aryl methyl sites for hydroxylation is 1. The second-order valence-corrected chi connectivity index (χ2v) is 7.34. The summed E-state index contributed by atoms with van der Waals surface area (Å²) in [5, 5.41) is 0. The minimum absolute atomic E-state index is 0.0847. The number of rotatable bonds is 3. The fourth-order valence-electron chi connectivity index (χ4n) is 2.51. The standard InChI is InChI=1S/C12H19N3O4S/c1-9-6-14(12(17)13-11(9)16)7-10-4-3-5-15(8-10)20(2,18)19/h6,10H,3-5,7-8H2,1-2H3,(H,13,16,17). The zero-order valence-electron chi connectivity index (χ0n) is 11.6. The van der Waals surface area contributed by atoms with E-state index in [4.69, 9.17) is 0 Å². The lowest BCUT2D eigenvalue weighted by Crippen LogP contribution is -2.42. The van der Waals surface area contributed by atoms with Crippen molar-refractivity contribution in [2.75, 3.05) is 19.3 Å². The highest BCUT2D eigenvalue weighted by Crippen LogP contribution is 2.19. The topological polar surface area (TPSA) is 92.2 Å². The second-order valence-electron chi connectivity index (χ2n) is 5.35. The molecule has 8 heteroatoms. The maximum atomic E-state index is 11.7. The summed E-state index contributed by atoms with van der Waals surface area (Å²) in [6.45, 7) is 3.01. The van der Waals surface area contributed by atoms with Crippen molar-refractivity contribution in [2.45, 2.75) is 26.3 Å². The normalized spacial score (nSPS) is 21.0. The fourth-order valence-corrected chi connectivity index (χ4v) is 3.45. The van der Waals surface area contributed by atoms with Gasteiger partial charge in [-0.25, -0.2) is 17.5 Å². The van der Waals surface area contributed by atoms with Gasteiger partial charge in [-0.15, -0.1) is 0 Å². The van der Waals surface area contributed by atoms with Crippen molar-refractivity contribution < 1.29 is 8.42 Å². The Morgan fingerprint density at radius 3 is 2.75 bits per heavy atom. The van der Waals surface area contributed by atoms with E-state index in [1.54, 1.807) is 6.92 Å². The van der Waals surface area contributed by atoms with Crippen LogP contribution in [-0.4, -0.2) is 41.6 Å². The number of nitrogens with zero attached hydrogens (tertiary/aromatic N) is 2. The monoisotopic (exact) mass is 301 g/mol. The number of aromatic nitrogens is 2. The van der Waals surface area contributed by atoms with E-state index in [0.717, 1.165) is 12.8 Å². The quantitative estimate of drug-likeness (QED) is 0.816. The predicted molar refractivity (Wildman–Crippen MR) is 75.2 cm³/mol. The third-order valence-corrected chi connectivity index (χ3v) is 4.86. The number of nitrogens with one attached hydrogen (secondary N) is 1. The van der Waals surface area contributed by atoms with E-state index in [9.17, 15) is 18.0 Å². The van der Waals surface area contributed by atoms with E-state index in [1.807, 2.05) is 0 Å². The first-order valence-electron chi connectivity index (χ1n) is 6.53. The molecule has 1 atom stereocenters. The summed E-state index contributed by atoms with van der Waals surface area (Å²) in [6.07, 6.45) is 4.39. The third kappa shape index (κ3) is 3.37. The first-order chi connectivity index (χ1) is 9.27. The van der Waals surface area contributed by atoms with Crippen LogP contribution in [0.4, 0.5) is 0 Å². The van der Waals surface area contributed by atoms with Crippen LogP contribution >= 0.6 is 0 Å². The number of sulfonamides is 1. The van der Waals surface area contributed by atoms with Gasteiger partial charge in [-0.1, -0.05) is 0 Å². The summed E-state index contributed by atoms with van der Waals surface area (Å²) in [7, 11) is -3.19. The molecule has 0 radical (unpaired) electrons. The molecule has 1 aliphatic rings. The van der Waals surface area contributed by atoms with Gasteiger partial charge in [-0.2, -0.15) is 0 Å². The highest BCUT2D eigenvalue weighted by atomic mass is 32.2. The molecule has 0 aliphatic carbocycles. The predicted octanol–water partition coefficient (Wildman–Crippen LogP) is -0.483. The van der Waals surface area contributed by atoms with Gasteiger partial charge in [0.2, 0.25) is 10.0 Å². The van der Waals surface area contributed by atoms with Crippen molar-refractivity contribution in [3.63, 3.8) is 0 Å². The molecule has 0 saturated carbocycles. The van der Waals surface area contributed by atoms with Crippen LogP contribution in [0.3, 0.4) is 0 Å². The summed E-state index contributed by atoms with van der Waals surface area (Å²) >= 11 is 0. The Morgan fingerprint density at radius 2 is 2.10 bits per heavy atom. The zero-order valence-corrected chi connectivity index (χ0v) is 12.4. The Hall–Kier alpha value is -1.41. The summed E-state index contributed by atoms with van der Waals surface area (Å²) in [6, 6.07) is 0. The molecule has 1 fully saturated rings. The molecule has 7 nitrogen and oxygen atoms in total. The Bertz CT molecular complexity index is 704. The van der Waals surface area contributed by atoms with E-state index in [-0.39, 0.29) is 11.5 Å². The molecular weight excluding hydrogens is 282 g/mol. The average molecular weight is 301 g/mol. The van der Waals surface area contributed by atoms with Crippen LogP contribution < -0.4 is 11.2 Å². The maximum absolute atomic E-state index is 11.7. The minimum Gasteiger partial charge on any atom is -0.300 e. The highest BCUT2D eigenvalue weighted by molar-refractivity contribution is 7.88. The lowest BCUT2D eigenvalue weighted by Gasteiger charge is -2.31. The van der Waals surface area contributed by atoms with Gasteiger partial charge in [0.1, 0.15) is 0 Å². The second kappa shape index (κ2) is 5.53. The van der Waals surface area contributed by atoms with Gasteiger partial charge >= 0.3 is 5.69 Å². The lowest BCUT2D eigenvalue weighted by molar-refractivity contribution is 0.244. The van der Waals surface area contributed by atoms with Gasteiger partial charge in [-0.3, -0.25) is 9.78 Å². The average Bonchev–Trinajstić information content (AvgIpc) is 2.35. The van der Waals surface area contributed by atoms with E-state index < -0.39 is 15.7 Å². The largest absolute Gasteiger partial charge is 0.328 e. The van der Waals surface area contributed by atoms with Gasteiger partial charge < -0.3 is 4.57 Å². The van der Waals surface area contributed by atoms with Crippen molar-refractivity contribution in [2.24, 2.45) is 5.92 Å². The van der Waals surface area contributed by atoms with Crippen molar-refractivity contribution in [3.8, 4) is 0 Å². The molecule has 112 valence electrons. The van der Waals surface area contributed by atoms with Crippen molar-refractivity contribution in [1.82, 2.24) is 13.9 Å². The van der Waals surface area contributed by atoms with Gasteiger partial charge in [0.05, 0.1) is 6.26 Å². The molecule has 2 heterocycles. The molecular formula is C12H19N3O4S. The molecule has 1 aliphatic heterocycles. The van der Waals surface area contributed by atoms with Crippen LogP contribution in [0.5, 0.6) is 0 Å². The van der Waals surface area contributed by atoms with Gasteiger partial charge in [-0.05, 0) is 25.7 Å². The Labute approximate surface area is 117 Å². The van der Waals surface area contributed by atoms with Crippen LogP contribution in [0.1, 0.15) is 18.4 Å². The number of piperidine rings is 1. The molecule has 0 bridgehead atoms. The van der Waals surface area contributed by atoms with Crippen LogP contribution in [-0.2, 0) is 16.6 Å². The molecule has 2 rings (SSSR count). The highest BCUT2D eigenvalue weighted by Gasteiger charge is 2.26. The number of hydrogen-bond donors (Lipinski definition) is 1. The third-order valence-electron chi connectivity index (χ3n) is 3.59. The number of aromatic amines is 1. The lowest BCUT2D eigenvalue weighted by atomic mass is 9.99. The van der Waals surface area contributed by atoms with Gasteiger partial charge in [0, 0.05) is 31.4 Å². The number of H-pyrrole nitrogens is 1. The van der Waals surface area contributed by atoms with Crippen molar-refractivity contribution >= 4 is 10.0 Å². The van der Waals surface area contributed by atoms with Gasteiger partial charge in [0.25, 0.3) is 5.56 Å². The molecule has 0 spiro atoms. The van der Waals surface area contributed by atoms with Crippen LogP contribution in [0.2, 0.25) is 0 Å². The molecule has 1 unspecified atom stereocenters. The van der Waals surface area contributed by atoms with E-state index in [2.05, 4.69) is 4.98 Å². The molecule has 1 aromatic rings.